The molecule has 1 aliphatic rings. The Hall–Kier alpha value is -7.31. The van der Waals surface area contributed by atoms with Gasteiger partial charge in [0.05, 0.1) is 33.4 Å². The summed E-state index contributed by atoms with van der Waals surface area (Å²) in [7, 11) is 0. The van der Waals surface area contributed by atoms with Crippen molar-refractivity contribution in [2.24, 2.45) is 0 Å². The fraction of sp³-hybridized carbons (Fsp3) is 0.145. The molecule has 0 fully saturated rings. The van der Waals surface area contributed by atoms with Gasteiger partial charge in [-0.1, -0.05) is 99.1 Å². The maximum absolute atomic E-state index is 6.84. The predicted molar refractivity (Wildman–Crippen MR) is 254 cm³/mol. The Morgan fingerprint density at radius 1 is 0.525 bits per heavy atom. The molecule has 4 heterocycles. The van der Waals surface area contributed by atoms with Crippen LogP contribution in [0.2, 0.25) is 0 Å². The van der Waals surface area contributed by atoms with Gasteiger partial charge in [-0.15, -0.1) is 0 Å². The Morgan fingerprint density at radius 3 is 2.00 bits per heavy atom. The molecule has 298 valence electrons. The van der Waals surface area contributed by atoms with Crippen LogP contribution in [0.4, 0.5) is 22.7 Å². The van der Waals surface area contributed by atoms with Crippen molar-refractivity contribution in [3.63, 3.8) is 0 Å². The number of fused-ring (bicyclic) bond motifs is 8. The summed E-state index contributed by atoms with van der Waals surface area (Å²) in [6.07, 6.45) is 1.95. The van der Waals surface area contributed by atoms with Crippen molar-refractivity contribution < 1.29 is 4.74 Å². The molecule has 0 radical (unpaired) electrons. The Kier molecular flexibility index (Phi) is 8.36. The molecule has 0 unspecified atom stereocenters. The third kappa shape index (κ3) is 5.96. The topological polar surface area (TPSA) is 38.5 Å². The van der Waals surface area contributed by atoms with Gasteiger partial charge in [-0.3, -0.25) is 4.57 Å². The highest BCUT2D eigenvalue weighted by atomic mass is 16.5. The van der Waals surface area contributed by atoms with E-state index in [-0.39, 0.29) is 5.41 Å². The Balaban J connectivity index is 1.06. The molecule has 0 spiro atoms. The first kappa shape index (κ1) is 36.7. The molecule has 0 saturated heterocycles. The number of hydrogen-bond donors (Lipinski definition) is 0. The van der Waals surface area contributed by atoms with Gasteiger partial charge in [0, 0.05) is 56.9 Å². The number of aryl methyl sites for hydroxylation is 3. The summed E-state index contributed by atoms with van der Waals surface area (Å²) < 4.78 is 11.6. The molecule has 0 bridgehead atoms. The van der Waals surface area contributed by atoms with Crippen LogP contribution in [0.15, 0.2) is 164 Å². The van der Waals surface area contributed by atoms with Crippen molar-refractivity contribution in [1.29, 1.82) is 0 Å². The Labute approximate surface area is 356 Å². The van der Waals surface area contributed by atoms with Crippen molar-refractivity contribution in [3.8, 4) is 23.0 Å². The smallest absolute Gasteiger partial charge is 0.137 e. The number of aromatic nitrogens is 3. The van der Waals surface area contributed by atoms with Gasteiger partial charge in [0.15, 0.2) is 0 Å². The lowest BCUT2D eigenvalue weighted by molar-refractivity contribution is 0.483. The standard InChI is InChI=1S/C55H47N5O/c1-35-29-36(2)53(37(3)30-35)58-34-57(47-21-12-13-22-48(47)58)40-17-14-18-41(32-40)61-42-23-24-43-44-25-26-49-52(45-19-10-11-20-46(45)59(49)39-15-8-7-9-16-39)54(44)60(50(43)33-42)51-31-38(27-28-56-51)55(4,5)6/h7-33H,34H2,1-6H3. The third-order valence-electron chi connectivity index (χ3n) is 12.4. The van der Waals surface area contributed by atoms with Crippen LogP contribution < -0.4 is 14.5 Å². The molecule has 7 aromatic carbocycles. The largest absolute Gasteiger partial charge is 0.457 e. The van der Waals surface area contributed by atoms with E-state index in [9.17, 15) is 0 Å². The Morgan fingerprint density at radius 2 is 1.21 bits per heavy atom. The molecule has 0 amide bonds. The SMILES string of the molecule is Cc1cc(C)c(N2CN(c3cccc(Oc4ccc5c6ccc7c(c8ccccc8n7-c7ccccc7)c6n(-c6cc(C(C)(C)C)ccn6)c5c4)c3)c3ccccc32)c(C)c1. The fourth-order valence-electron chi connectivity index (χ4n) is 9.78. The summed E-state index contributed by atoms with van der Waals surface area (Å²) in [5.74, 6) is 2.42. The van der Waals surface area contributed by atoms with Crippen LogP contribution in [0, 0.1) is 20.8 Å². The van der Waals surface area contributed by atoms with Gasteiger partial charge >= 0.3 is 0 Å². The van der Waals surface area contributed by atoms with Crippen LogP contribution in [0.25, 0.3) is 55.1 Å². The number of ether oxygens (including phenoxy) is 1. The van der Waals surface area contributed by atoms with Gasteiger partial charge in [0.1, 0.15) is 24.0 Å². The van der Waals surface area contributed by atoms with Gasteiger partial charge in [0.2, 0.25) is 0 Å². The molecular weight excluding hydrogens is 747 g/mol. The first-order valence-electron chi connectivity index (χ1n) is 21.1. The lowest BCUT2D eigenvalue weighted by Gasteiger charge is -2.25. The average molecular weight is 794 g/mol. The van der Waals surface area contributed by atoms with Crippen molar-refractivity contribution >= 4 is 66.4 Å². The minimum Gasteiger partial charge on any atom is -0.457 e. The first-order valence-corrected chi connectivity index (χ1v) is 21.1. The van der Waals surface area contributed by atoms with Crippen molar-refractivity contribution in [2.45, 2.75) is 47.0 Å². The molecular formula is C55H47N5O. The summed E-state index contributed by atoms with van der Waals surface area (Å²) in [6.45, 7) is 14.1. The number of pyridine rings is 1. The number of benzene rings is 7. The van der Waals surface area contributed by atoms with E-state index in [1.165, 1.54) is 61.0 Å². The summed E-state index contributed by atoms with van der Waals surface area (Å²) in [5, 5.41) is 4.72. The second kappa shape index (κ2) is 13.9. The van der Waals surface area contributed by atoms with Crippen molar-refractivity contribution in [2.75, 3.05) is 16.5 Å². The van der Waals surface area contributed by atoms with E-state index in [1.54, 1.807) is 0 Å². The van der Waals surface area contributed by atoms with E-state index < -0.39 is 0 Å². The molecule has 6 nitrogen and oxygen atoms in total. The van der Waals surface area contributed by atoms with E-state index in [2.05, 4.69) is 212 Å². The molecule has 6 heteroatoms. The number of hydrogen-bond acceptors (Lipinski definition) is 4. The molecule has 0 aliphatic carbocycles. The average Bonchev–Trinajstić information content (AvgIpc) is 3.91. The van der Waals surface area contributed by atoms with Crippen LogP contribution in [0.1, 0.15) is 43.0 Å². The normalized spacial score (nSPS) is 13.0. The molecule has 0 N–H and O–H groups in total. The maximum Gasteiger partial charge on any atom is 0.137 e. The van der Waals surface area contributed by atoms with Gasteiger partial charge < -0.3 is 19.1 Å². The highest BCUT2D eigenvalue weighted by Crippen LogP contribution is 2.47. The zero-order valence-electron chi connectivity index (χ0n) is 35.4. The third-order valence-corrected chi connectivity index (χ3v) is 12.4. The van der Waals surface area contributed by atoms with E-state index in [1.807, 2.05) is 12.3 Å². The molecule has 3 aromatic heterocycles. The summed E-state index contributed by atoms with van der Waals surface area (Å²) in [4.78, 5) is 9.91. The van der Waals surface area contributed by atoms with Gasteiger partial charge in [-0.2, -0.15) is 0 Å². The zero-order chi connectivity index (χ0) is 41.6. The minimum absolute atomic E-state index is 0.0565. The van der Waals surface area contributed by atoms with E-state index in [4.69, 9.17) is 9.72 Å². The second-order valence-electron chi connectivity index (χ2n) is 17.5. The molecule has 0 atom stereocenters. The van der Waals surface area contributed by atoms with Gasteiger partial charge in [0.25, 0.3) is 0 Å². The van der Waals surface area contributed by atoms with Crippen LogP contribution >= 0.6 is 0 Å². The number of anilines is 4. The van der Waals surface area contributed by atoms with Crippen LogP contribution in [-0.4, -0.2) is 20.8 Å². The lowest BCUT2D eigenvalue weighted by Crippen LogP contribution is -2.25. The quantitative estimate of drug-likeness (QED) is 0.168. The summed E-state index contributed by atoms with van der Waals surface area (Å²) in [6, 6.07) is 56.6. The highest BCUT2D eigenvalue weighted by molar-refractivity contribution is 6.26. The summed E-state index contributed by atoms with van der Waals surface area (Å²) >= 11 is 0. The van der Waals surface area contributed by atoms with Crippen LogP contribution in [-0.2, 0) is 5.41 Å². The minimum atomic E-state index is -0.0565. The lowest BCUT2D eigenvalue weighted by atomic mass is 9.88. The van der Waals surface area contributed by atoms with Crippen molar-refractivity contribution in [3.05, 3.63) is 186 Å². The Bertz CT molecular complexity index is 3330. The second-order valence-corrected chi connectivity index (χ2v) is 17.5. The monoisotopic (exact) mass is 793 g/mol. The van der Waals surface area contributed by atoms with Crippen LogP contribution in [0.3, 0.4) is 0 Å². The van der Waals surface area contributed by atoms with Crippen LogP contribution in [0.5, 0.6) is 11.5 Å². The van der Waals surface area contributed by atoms with E-state index in [0.717, 1.165) is 50.6 Å². The van der Waals surface area contributed by atoms with E-state index >= 15 is 0 Å². The molecule has 1 aliphatic heterocycles. The van der Waals surface area contributed by atoms with E-state index in [0.29, 0.717) is 6.67 Å². The van der Waals surface area contributed by atoms with Gasteiger partial charge in [-0.25, -0.2) is 4.98 Å². The molecule has 61 heavy (non-hydrogen) atoms. The summed E-state index contributed by atoms with van der Waals surface area (Å²) in [5.41, 5.74) is 15.4. The molecule has 10 aromatic rings. The number of rotatable bonds is 6. The fourth-order valence-corrected chi connectivity index (χ4v) is 9.78. The van der Waals surface area contributed by atoms with Crippen molar-refractivity contribution in [1.82, 2.24) is 14.1 Å². The first-order chi connectivity index (χ1) is 29.6. The van der Waals surface area contributed by atoms with Gasteiger partial charge in [-0.05, 0) is 116 Å². The number of nitrogens with zero attached hydrogens (tertiary/aromatic N) is 5. The number of para-hydroxylation sites is 4. The predicted octanol–water partition coefficient (Wildman–Crippen LogP) is 14.5. The zero-order valence-corrected chi connectivity index (χ0v) is 35.4. The highest BCUT2D eigenvalue weighted by Gasteiger charge is 2.30. The molecule has 0 saturated carbocycles. The molecule has 11 rings (SSSR count). The maximum atomic E-state index is 6.84.